The molecule has 1 saturated heterocycles. The normalized spacial score (nSPS) is 22.6. The van der Waals surface area contributed by atoms with Gasteiger partial charge in [0.25, 0.3) is 0 Å². The summed E-state index contributed by atoms with van der Waals surface area (Å²) in [7, 11) is 1.68. The Balaban J connectivity index is 1.63. The molecule has 0 unspecified atom stereocenters. The van der Waals surface area contributed by atoms with E-state index in [2.05, 4.69) is 26.9 Å². The number of hydrogen-bond acceptors (Lipinski definition) is 3. The fourth-order valence-corrected chi connectivity index (χ4v) is 3.13. The summed E-state index contributed by atoms with van der Waals surface area (Å²) in [5.74, 6) is 1.44. The molecule has 1 heterocycles. The van der Waals surface area contributed by atoms with Gasteiger partial charge in [0.2, 0.25) is 0 Å². The average Bonchev–Trinajstić information content (AvgIpc) is 3.13. The van der Waals surface area contributed by atoms with Crippen LogP contribution in [0.5, 0.6) is 5.75 Å². The number of ether oxygens (including phenoxy) is 1. The van der Waals surface area contributed by atoms with Gasteiger partial charge >= 0.3 is 0 Å². The van der Waals surface area contributed by atoms with Crippen LogP contribution >= 0.6 is 15.9 Å². The summed E-state index contributed by atoms with van der Waals surface area (Å²) in [5.41, 5.74) is 0.818. The number of rotatable bonds is 4. The van der Waals surface area contributed by atoms with Gasteiger partial charge in [0.05, 0.1) is 12.7 Å². The summed E-state index contributed by atoms with van der Waals surface area (Å²) >= 11 is 3.57. The number of halogens is 1. The van der Waals surface area contributed by atoms with Crippen molar-refractivity contribution in [2.75, 3.05) is 20.2 Å². The topological polar surface area (TPSA) is 32.7 Å². The van der Waals surface area contributed by atoms with E-state index < -0.39 is 5.60 Å². The first kappa shape index (κ1) is 12.5. The van der Waals surface area contributed by atoms with Gasteiger partial charge in [-0.15, -0.1) is 0 Å². The number of hydrogen-bond donors (Lipinski definition) is 1. The predicted molar refractivity (Wildman–Crippen MR) is 73.6 cm³/mol. The zero-order valence-electron chi connectivity index (χ0n) is 10.5. The minimum absolute atomic E-state index is 0.397. The van der Waals surface area contributed by atoms with Crippen LogP contribution in [0, 0.1) is 5.92 Å². The Labute approximate surface area is 116 Å². The van der Waals surface area contributed by atoms with Crippen LogP contribution in [0.3, 0.4) is 0 Å². The largest absolute Gasteiger partial charge is 0.497 e. The molecule has 0 amide bonds. The van der Waals surface area contributed by atoms with Gasteiger partial charge < -0.3 is 9.84 Å². The Morgan fingerprint density at radius 3 is 2.78 bits per heavy atom. The fraction of sp³-hybridized carbons (Fsp3) is 0.571. The Morgan fingerprint density at radius 1 is 1.44 bits per heavy atom. The van der Waals surface area contributed by atoms with E-state index in [4.69, 9.17) is 4.74 Å². The number of benzene rings is 1. The third kappa shape index (κ3) is 2.29. The van der Waals surface area contributed by atoms with Crippen molar-refractivity contribution in [3.63, 3.8) is 0 Å². The van der Waals surface area contributed by atoms with Crippen molar-refractivity contribution in [2.24, 2.45) is 5.92 Å². The van der Waals surface area contributed by atoms with Crippen molar-refractivity contribution in [1.29, 1.82) is 0 Å². The summed E-state index contributed by atoms with van der Waals surface area (Å²) in [6.45, 7) is 2.48. The summed E-state index contributed by atoms with van der Waals surface area (Å²) in [5, 5.41) is 10.3. The van der Waals surface area contributed by atoms with E-state index >= 15 is 0 Å². The SMILES string of the molecule is COc1ccc(Br)c(CN2CC(O)(C3CC3)C2)c1. The van der Waals surface area contributed by atoms with Gasteiger partial charge in [-0.1, -0.05) is 15.9 Å². The van der Waals surface area contributed by atoms with Crippen LogP contribution in [0.25, 0.3) is 0 Å². The lowest BCUT2D eigenvalue weighted by atomic mass is 9.88. The van der Waals surface area contributed by atoms with Gasteiger partial charge in [-0.05, 0) is 42.5 Å². The molecule has 0 atom stereocenters. The van der Waals surface area contributed by atoms with Crippen LogP contribution in [0.15, 0.2) is 22.7 Å². The van der Waals surface area contributed by atoms with E-state index in [1.54, 1.807) is 7.11 Å². The molecule has 0 spiro atoms. The van der Waals surface area contributed by atoms with E-state index in [0.29, 0.717) is 5.92 Å². The molecule has 1 aliphatic heterocycles. The molecule has 4 heteroatoms. The maximum Gasteiger partial charge on any atom is 0.119 e. The van der Waals surface area contributed by atoms with Gasteiger partial charge in [0.1, 0.15) is 5.75 Å². The smallest absolute Gasteiger partial charge is 0.119 e. The van der Waals surface area contributed by atoms with E-state index in [1.807, 2.05) is 12.1 Å². The third-order valence-corrected chi connectivity index (χ3v) is 4.75. The molecule has 0 aromatic heterocycles. The lowest BCUT2D eigenvalue weighted by molar-refractivity contribution is -0.116. The first-order valence-corrected chi connectivity index (χ1v) is 7.17. The second kappa shape index (κ2) is 4.51. The third-order valence-electron chi connectivity index (χ3n) is 3.98. The molecule has 3 nitrogen and oxygen atoms in total. The van der Waals surface area contributed by atoms with Gasteiger partial charge in [-0.25, -0.2) is 0 Å². The van der Waals surface area contributed by atoms with Crippen LogP contribution < -0.4 is 4.74 Å². The van der Waals surface area contributed by atoms with Crippen molar-refractivity contribution in [3.8, 4) is 5.75 Å². The number of nitrogens with zero attached hydrogens (tertiary/aromatic N) is 1. The maximum atomic E-state index is 10.3. The monoisotopic (exact) mass is 311 g/mol. The highest BCUT2D eigenvalue weighted by atomic mass is 79.9. The van der Waals surface area contributed by atoms with Crippen LogP contribution in [0.2, 0.25) is 0 Å². The molecule has 0 radical (unpaired) electrons. The number of aliphatic hydroxyl groups is 1. The van der Waals surface area contributed by atoms with Crippen LogP contribution in [-0.2, 0) is 6.54 Å². The minimum Gasteiger partial charge on any atom is -0.497 e. The highest BCUT2D eigenvalue weighted by Crippen LogP contribution is 2.45. The van der Waals surface area contributed by atoms with Crippen molar-refractivity contribution >= 4 is 15.9 Å². The first-order chi connectivity index (χ1) is 8.60. The highest BCUT2D eigenvalue weighted by molar-refractivity contribution is 9.10. The first-order valence-electron chi connectivity index (χ1n) is 6.38. The molecule has 2 aliphatic rings. The van der Waals surface area contributed by atoms with E-state index in [9.17, 15) is 5.11 Å². The number of likely N-dealkylation sites (tertiary alicyclic amines) is 1. The predicted octanol–water partition coefficient (Wildman–Crippen LogP) is 2.41. The van der Waals surface area contributed by atoms with Gasteiger partial charge in [-0.2, -0.15) is 0 Å². The van der Waals surface area contributed by atoms with Crippen molar-refractivity contribution in [3.05, 3.63) is 28.2 Å². The number of methoxy groups -OCH3 is 1. The van der Waals surface area contributed by atoms with Gasteiger partial charge in [0, 0.05) is 24.1 Å². The molecule has 98 valence electrons. The molecule has 1 aromatic rings. The molecule has 1 aromatic carbocycles. The Bertz CT molecular complexity index is 453. The van der Waals surface area contributed by atoms with Gasteiger partial charge in [-0.3, -0.25) is 4.90 Å². The molecule has 2 fully saturated rings. The molecule has 1 saturated carbocycles. The summed E-state index contributed by atoms with van der Waals surface area (Å²) in [4.78, 5) is 2.29. The fourth-order valence-electron chi connectivity index (χ4n) is 2.76. The molecular weight excluding hydrogens is 294 g/mol. The van der Waals surface area contributed by atoms with E-state index in [0.717, 1.165) is 29.9 Å². The molecule has 3 rings (SSSR count). The van der Waals surface area contributed by atoms with Gasteiger partial charge in [0.15, 0.2) is 0 Å². The Hall–Kier alpha value is -0.580. The van der Waals surface area contributed by atoms with Crippen molar-refractivity contribution < 1.29 is 9.84 Å². The Morgan fingerprint density at radius 2 is 2.17 bits per heavy atom. The van der Waals surface area contributed by atoms with Crippen LogP contribution in [0.1, 0.15) is 18.4 Å². The van der Waals surface area contributed by atoms with Crippen LogP contribution in [0.4, 0.5) is 0 Å². The molecule has 1 N–H and O–H groups in total. The second-order valence-electron chi connectivity index (χ2n) is 5.48. The summed E-state index contributed by atoms with van der Waals surface area (Å²) < 4.78 is 6.35. The average molecular weight is 312 g/mol. The maximum absolute atomic E-state index is 10.3. The molecular formula is C14H18BrNO2. The quantitative estimate of drug-likeness (QED) is 0.927. The highest BCUT2D eigenvalue weighted by Gasteiger charge is 2.51. The zero-order valence-corrected chi connectivity index (χ0v) is 12.1. The van der Waals surface area contributed by atoms with Crippen molar-refractivity contribution in [1.82, 2.24) is 4.90 Å². The van der Waals surface area contributed by atoms with Crippen LogP contribution in [-0.4, -0.2) is 35.8 Å². The lowest BCUT2D eigenvalue weighted by Gasteiger charge is -2.47. The second-order valence-corrected chi connectivity index (χ2v) is 6.33. The number of β-amino-alcohol motifs (C(OH)–C–C–N with tert-alkyl or cyclic N) is 1. The van der Waals surface area contributed by atoms with Crippen molar-refractivity contribution in [2.45, 2.75) is 25.0 Å². The summed E-state index contributed by atoms with van der Waals surface area (Å²) in [6, 6.07) is 6.02. The van der Waals surface area contributed by atoms with E-state index in [1.165, 1.54) is 18.4 Å². The summed E-state index contributed by atoms with van der Waals surface area (Å²) in [6.07, 6.45) is 2.40. The lowest BCUT2D eigenvalue weighted by Crippen LogP contribution is -2.62. The van der Waals surface area contributed by atoms with E-state index in [-0.39, 0.29) is 0 Å². The zero-order chi connectivity index (χ0) is 12.8. The molecule has 0 bridgehead atoms. The standard InChI is InChI=1S/C14H18BrNO2/c1-18-12-4-5-13(15)10(6-12)7-16-8-14(17,9-16)11-2-3-11/h4-6,11,17H,2-3,7-9H2,1H3. The molecule has 18 heavy (non-hydrogen) atoms. The molecule has 1 aliphatic carbocycles. The minimum atomic E-state index is -0.397. The Kier molecular flexibility index (Phi) is 3.12.